The molecule has 0 unspecified atom stereocenters. The van der Waals surface area contributed by atoms with Crippen molar-refractivity contribution in [2.45, 2.75) is 0 Å². The molecule has 0 spiro atoms. The number of rotatable bonds is 6. The highest BCUT2D eigenvalue weighted by Gasteiger charge is 2.23. The normalized spacial score (nSPS) is 10.9. The van der Waals surface area contributed by atoms with Crippen molar-refractivity contribution in [2.75, 3.05) is 21.3 Å². The summed E-state index contributed by atoms with van der Waals surface area (Å²) in [5, 5.41) is 8.87. The Morgan fingerprint density at radius 2 is 1.76 bits per heavy atom. The van der Waals surface area contributed by atoms with Crippen LogP contribution in [-0.4, -0.2) is 42.3 Å². The molecule has 4 rings (SSSR count). The fourth-order valence-corrected chi connectivity index (χ4v) is 3.39. The lowest BCUT2D eigenvalue weighted by Gasteiger charge is -2.13. The summed E-state index contributed by atoms with van der Waals surface area (Å²) in [6, 6.07) is 8.87. The largest absolute Gasteiger partial charge is 0.493 e. The van der Waals surface area contributed by atoms with Gasteiger partial charge in [-0.3, -0.25) is 4.79 Å². The molecule has 2 heterocycles. The summed E-state index contributed by atoms with van der Waals surface area (Å²) in [7, 11) is 4.45. The first-order chi connectivity index (χ1) is 14.0. The Kier molecular flexibility index (Phi) is 4.98. The molecule has 8 nitrogen and oxygen atoms in total. The fourth-order valence-electron chi connectivity index (χ4n) is 3.03. The van der Waals surface area contributed by atoms with E-state index in [0.29, 0.717) is 22.8 Å². The monoisotopic (exact) mass is 457 g/mol. The minimum absolute atomic E-state index is 0.140. The van der Waals surface area contributed by atoms with E-state index in [1.807, 2.05) is 18.2 Å². The molecule has 0 bridgehead atoms. The highest BCUT2D eigenvalue weighted by Crippen LogP contribution is 2.39. The molecule has 148 valence electrons. The fraction of sp³-hybridized carbons (Fsp3) is 0.150. The maximum absolute atomic E-state index is 12.9. The lowest BCUT2D eigenvalue weighted by atomic mass is 10.1. The van der Waals surface area contributed by atoms with Crippen LogP contribution in [0.15, 0.2) is 45.4 Å². The third-order valence-corrected chi connectivity index (χ3v) is 4.91. The highest BCUT2D eigenvalue weighted by atomic mass is 79.9. The minimum Gasteiger partial charge on any atom is -0.493 e. The van der Waals surface area contributed by atoms with E-state index >= 15 is 0 Å². The van der Waals surface area contributed by atoms with Crippen LogP contribution in [0.25, 0.3) is 22.4 Å². The molecule has 1 N–H and O–H groups in total. The molecule has 9 heteroatoms. The zero-order valence-electron chi connectivity index (χ0n) is 15.8. The highest BCUT2D eigenvalue weighted by molar-refractivity contribution is 9.10. The predicted octanol–water partition coefficient (Wildman–Crippen LogP) is 4.24. The molecule has 0 saturated heterocycles. The van der Waals surface area contributed by atoms with Crippen LogP contribution in [0.1, 0.15) is 16.2 Å². The van der Waals surface area contributed by atoms with Crippen LogP contribution in [0.4, 0.5) is 0 Å². The number of fused-ring (bicyclic) bond motifs is 1. The van der Waals surface area contributed by atoms with Crippen LogP contribution in [0.3, 0.4) is 0 Å². The zero-order valence-corrected chi connectivity index (χ0v) is 17.4. The van der Waals surface area contributed by atoms with Crippen molar-refractivity contribution < 1.29 is 23.4 Å². The van der Waals surface area contributed by atoms with Gasteiger partial charge in [0.1, 0.15) is 0 Å². The van der Waals surface area contributed by atoms with E-state index < -0.39 is 5.78 Å². The van der Waals surface area contributed by atoms with Gasteiger partial charge in [0.25, 0.3) is 5.89 Å². The summed E-state index contributed by atoms with van der Waals surface area (Å²) in [5.41, 5.74) is 1.90. The van der Waals surface area contributed by atoms with Crippen LogP contribution in [-0.2, 0) is 0 Å². The van der Waals surface area contributed by atoms with E-state index in [4.69, 9.17) is 18.6 Å². The number of aromatic amines is 1. The molecular weight excluding hydrogens is 442 g/mol. The quantitative estimate of drug-likeness (QED) is 0.432. The van der Waals surface area contributed by atoms with Crippen molar-refractivity contribution in [2.24, 2.45) is 0 Å². The molecule has 0 aliphatic rings. The van der Waals surface area contributed by atoms with Gasteiger partial charge in [0.05, 0.1) is 26.9 Å². The third kappa shape index (κ3) is 3.33. The Morgan fingerprint density at radius 1 is 1.03 bits per heavy atom. The van der Waals surface area contributed by atoms with Crippen molar-refractivity contribution in [3.05, 3.63) is 52.5 Å². The number of aromatic nitrogens is 3. The lowest BCUT2D eigenvalue weighted by molar-refractivity contribution is 0.100. The first-order valence-corrected chi connectivity index (χ1v) is 9.30. The van der Waals surface area contributed by atoms with Gasteiger partial charge in [0.2, 0.25) is 17.4 Å². The van der Waals surface area contributed by atoms with Crippen molar-refractivity contribution in [3.8, 4) is 28.7 Å². The number of hydrogen-bond donors (Lipinski definition) is 1. The Labute approximate surface area is 173 Å². The minimum atomic E-state index is -0.455. The summed E-state index contributed by atoms with van der Waals surface area (Å²) in [5.74, 6) is 0.753. The van der Waals surface area contributed by atoms with E-state index in [-0.39, 0.29) is 17.3 Å². The average Bonchev–Trinajstić information content (AvgIpc) is 3.38. The molecule has 0 saturated carbocycles. The molecule has 29 heavy (non-hydrogen) atoms. The molecule has 0 amide bonds. The Morgan fingerprint density at radius 3 is 2.41 bits per heavy atom. The number of nitrogens with zero attached hydrogens (tertiary/aromatic N) is 2. The lowest BCUT2D eigenvalue weighted by Crippen LogP contribution is -2.04. The Hall–Kier alpha value is -3.33. The molecule has 0 aliphatic carbocycles. The number of H-pyrrole nitrogens is 1. The number of carbonyl (C=O) groups excluding carboxylic acids is 1. The third-order valence-electron chi connectivity index (χ3n) is 4.42. The topological polar surface area (TPSA) is 99.5 Å². The molecule has 0 atom stereocenters. The molecule has 4 aromatic rings. The molecule has 0 fully saturated rings. The summed E-state index contributed by atoms with van der Waals surface area (Å²) >= 11 is 3.45. The van der Waals surface area contributed by atoms with Crippen LogP contribution in [0.2, 0.25) is 0 Å². The maximum atomic E-state index is 12.9. The van der Waals surface area contributed by atoms with Gasteiger partial charge in [-0.2, -0.15) is 0 Å². The van der Waals surface area contributed by atoms with Crippen LogP contribution >= 0.6 is 15.9 Å². The van der Waals surface area contributed by atoms with Gasteiger partial charge in [0.15, 0.2) is 11.5 Å². The van der Waals surface area contributed by atoms with Crippen molar-refractivity contribution in [3.63, 3.8) is 0 Å². The molecule has 2 aromatic carbocycles. The maximum Gasteiger partial charge on any atom is 0.289 e. The number of ether oxygens (including phenoxy) is 3. The van der Waals surface area contributed by atoms with E-state index in [0.717, 1.165) is 15.4 Å². The second-order valence-corrected chi connectivity index (χ2v) is 6.96. The van der Waals surface area contributed by atoms with Crippen LogP contribution in [0, 0.1) is 0 Å². The number of hydrogen-bond acceptors (Lipinski definition) is 7. The molecular formula is C20H16BrN3O5. The second kappa shape index (κ2) is 7.59. The van der Waals surface area contributed by atoms with Crippen LogP contribution in [0.5, 0.6) is 17.2 Å². The Bertz CT molecular complexity index is 1190. The number of halogens is 1. The first kappa shape index (κ1) is 19.0. The number of carbonyl (C=O) groups is 1. The Balaban J connectivity index is 1.73. The number of methoxy groups -OCH3 is 3. The molecule has 2 aromatic heterocycles. The van der Waals surface area contributed by atoms with Gasteiger partial charge in [-0.15, -0.1) is 10.2 Å². The van der Waals surface area contributed by atoms with Gasteiger partial charge in [-0.05, 0) is 30.3 Å². The van der Waals surface area contributed by atoms with Crippen molar-refractivity contribution in [1.29, 1.82) is 0 Å². The smallest absolute Gasteiger partial charge is 0.289 e. The van der Waals surface area contributed by atoms with E-state index in [9.17, 15) is 4.79 Å². The second-order valence-electron chi connectivity index (χ2n) is 6.05. The summed E-state index contributed by atoms with van der Waals surface area (Å²) in [4.78, 5) is 16.1. The van der Waals surface area contributed by atoms with Crippen LogP contribution < -0.4 is 14.2 Å². The number of nitrogens with one attached hydrogen (secondary N) is 1. The van der Waals surface area contributed by atoms with E-state index in [1.54, 1.807) is 6.20 Å². The van der Waals surface area contributed by atoms with Gasteiger partial charge >= 0.3 is 0 Å². The van der Waals surface area contributed by atoms with Crippen molar-refractivity contribution in [1.82, 2.24) is 15.2 Å². The molecule has 0 radical (unpaired) electrons. The standard InChI is InChI=1S/C20H16BrN3O5/c1-26-15-6-10(7-16(27-2)18(15)28-3)17(25)20-24-23-19(29-20)13-9-22-14-5-4-11(21)8-12(13)14/h4-9,22H,1-3H3. The van der Waals surface area contributed by atoms with E-state index in [2.05, 4.69) is 31.1 Å². The zero-order chi connectivity index (χ0) is 20.5. The van der Waals surface area contributed by atoms with Gasteiger partial charge in [0, 0.05) is 27.1 Å². The summed E-state index contributed by atoms with van der Waals surface area (Å²) < 4.78 is 22.5. The average molecular weight is 458 g/mol. The van der Waals surface area contributed by atoms with Gasteiger partial charge in [-0.25, -0.2) is 0 Å². The molecule has 0 aliphatic heterocycles. The van der Waals surface area contributed by atoms with Gasteiger partial charge in [-0.1, -0.05) is 15.9 Å². The van der Waals surface area contributed by atoms with Gasteiger partial charge < -0.3 is 23.6 Å². The SMILES string of the molecule is COc1cc(C(=O)c2nnc(-c3c[nH]c4ccc(Br)cc34)o2)cc(OC)c1OC. The first-order valence-electron chi connectivity index (χ1n) is 8.51. The van der Waals surface area contributed by atoms with E-state index in [1.165, 1.54) is 33.5 Å². The predicted molar refractivity (Wildman–Crippen MR) is 109 cm³/mol. The number of ketones is 1. The van der Waals surface area contributed by atoms with Crippen molar-refractivity contribution >= 4 is 32.6 Å². The summed E-state index contributed by atoms with van der Waals surface area (Å²) in [6.45, 7) is 0. The summed E-state index contributed by atoms with van der Waals surface area (Å²) in [6.07, 6.45) is 1.76. The number of benzene rings is 2.